The van der Waals surface area contributed by atoms with Gasteiger partial charge in [0.25, 0.3) is 0 Å². The Morgan fingerprint density at radius 2 is 1.65 bits per heavy atom. The average molecular weight is 426 g/mol. The van der Waals surface area contributed by atoms with E-state index >= 15 is 0 Å². The molecule has 0 unspecified atom stereocenters. The second-order valence-electron chi connectivity index (χ2n) is 8.44. The Hall–Kier alpha value is -2.57. The van der Waals surface area contributed by atoms with Crippen LogP contribution in [0.5, 0.6) is 11.5 Å². The third-order valence-corrected chi connectivity index (χ3v) is 6.05. The Balaban J connectivity index is 1.52. The van der Waals surface area contributed by atoms with Crippen molar-refractivity contribution in [3.8, 4) is 11.5 Å². The Morgan fingerprint density at radius 1 is 0.968 bits per heavy atom. The Kier molecular flexibility index (Phi) is 7.93. The average Bonchev–Trinajstić information content (AvgIpc) is 2.79. The Bertz CT molecular complexity index is 859. The van der Waals surface area contributed by atoms with Crippen LogP contribution in [0, 0.1) is 0 Å². The van der Waals surface area contributed by atoms with Crippen molar-refractivity contribution in [2.24, 2.45) is 0 Å². The fourth-order valence-corrected chi connectivity index (χ4v) is 3.89. The van der Waals surface area contributed by atoms with Gasteiger partial charge < -0.3 is 14.8 Å². The molecule has 31 heavy (non-hydrogen) atoms. The van der Waals surface area contributed by atoms with Gasteiger partial charge in [0.05, 0.1) is 25.9 Å². The summed E-state index contributed by atoms with van der Waals surface area (Å²) in [5.41, 5.74) is 3.34. The van der Waals surface area contributed by atoms with Gasteiger partial charge in [-0.1, -0.05) is 38.1 Å². The van der Waals surface area contributed by atoms with Crippen LogP contribution >= 0.6 is 0 Å². The zero-order chi connectivity index (χ0) is 22.4. The van der Waals surface area contributed by atoms with Crippen LogP contribution < -0.4 is 14.8 Å². The van der Waals surface area contributed by atoms with Gasteiger partial charge >= 0.3 is 0 Å². The highest BCUT2D eigenvalue weighted by Crippen LogP contribution is 2.29. The fourth-order valence-electron chi connectivity index (χ4n) is 3.89. The monoisotopic (exact) mass is 425 g/mol. The van der Waals surface area contributed by atoms with Gasteiger partial charge in [-0.2, -0.15) is 0 Å². The minimum absolute atomic E-state index is 0.0377. The summed E-state index contributed by atoms with van der Waals surface area (Å²) in [6.45, 7) is 11.0. The molecule has 168 valence electrons. The van der Waals surface area contributed by atoms with Gasteiger partial charge in [0.1, 0.15) is 11.5 Å². The molecule has 3 rings (SSSR count). The van der Waals surface area contributed by atoms with Crippen molar-refractivity contribution >= 4 is 11.6 Å². The SMILES string of the molecule is COc1ccc(OC)c(NC(=O)[C@H](C)N2CCN(Cc3ccc(C(C)C)cc3)CC2)c1. The molecule has 0 spiro atoms. The number of nitrogens with zero attached hydrogens (tertiary/aromatic N) is 2. The molecule has 0 aliphatic carbocycles. The maximum atomic E-state index is 12.9. The highest BCUT2D eigenvalue weighted by molar-refractivity contribution is 5.96. The lowest BCUT2D eigenvalue weighted by Crippen LogP contribution is -2.52. The number of benzene rings is 2. The summed E-state index contributed by atoms with van der Waals surface area (Å²) in [5, 5.41) is 3.00. The largest absolute Gasteiger partial charge is 0.497 e. The summed E-state index contributed by atoms with van der Waals surface area (Å²) in [4.78, 5) is 17.6. The minimum Gasteiger partial charge on any atom is -0.497 e. The number of hydrogen-bond acceptors (Lipinski definition) is 5. The van der Waals surface area contributed by atoms with Gasteiger partial charge in [-0.05, 0) is 36.1 Å². The predicted molar refractivity (Wildman–Crippen MR) is 125 cm³/mol. The van der Waals surface area contributed by atoms with E-state index < -0.39 is 0 Å². The molecule has 0 radical (unpaired) electrons. The number of anilines is 1. The van der Waals surface area contributed by atoms with Crippen LogP contribution in [0.4, 0.5) is 5.69 Å². The topological polar surface area (TPSA) is 54.0 Å². The number of carbonyl (C=O) groups is 1. The lowest BCUT2D eigenvalue weighted by molar-refractivity contribution is -0.121. The molecule has 1 fully saturated rings. The molecule has 1 aliphatic rings. The number of amides is 1. The summed E-state index contributed by atoms with van der Waals surface area (Å²) in [6, 6.07) is 14.1. The maximum Gasteiger partial charge on any atom is 0.241 e. The van der Waals surface area contributed by atoms with Gasteiger partial charge in [-0.15, -0.1) is 0 Å². The first-order valence-electron chi connectivity index (χ1n) is 11.0. The quantitative estimate of drug-likeness (QED) is 0.694. The normalized spacial score (nSPS) is 16.2. The summed E-state index contributed by atoms with van der Waals surface area (Å²) >= 11 is 0. The van der Waals surface area contributed by atoms with Gasteiger partial charge in [-0.3, -0.25) is 14.6 Å². The number of piperazine rings is 1. The van der Waals surface area contributed by atoms with Gasteiger partial charge in [-0.25, -0.2) is 0 Å². The minimum atomic E-state index is -0.219. The molecule has 6 heteroatoms. The van der Waals surface area contributed by atoms with E-state index in [1.54, 1.807) is 26.4 Å². The molecule has 2 aromatic carbocycles. The molecule has 0 saturated carbocycles. The van der Waals surface area contributed by atoms with E-state index in [9.17, 15) is 4.79 Å². The molecule has 1 atom stereocenters. The van der Waals surface area contributed by atoms with Crippen molar-refractivity contribution in [1.82, 2.24) is 9.80 Å². The maximum absolute atomic E-state index is 12.9. The van der Waals surface area contributed by atoms with E-state index in [2.05, 4.69) is 53.2 Å². The number of rotatable bonds is 8. The van der Waals surface area contributed by atoms with Crippen molar-refractivity contribution in [3.05, 3.63) is 53.6 Å². The van der Waals surface area contributed by atoms with Crippen molar-refractivity contribution in [2.45, 2.75) is 39.3 Å². The summed E-state index contributed by atoms with van der Waals surface area (Å²) in [6.07, 6.45) is 0. The molecule has 1 amide bonds. The zero-order valence-corrected chi connectivity index (χ0v) is 19.4. The molecule has 0 aromatic heterocycles. The molecule has 1 heterocycles. The molecule has 2 aromatic rings. The molecule has 6 nitrogen and oxygen atoms in total. The number of hydrogen-bond donors (Lipinski definition) is 1. The second kappa shape index (κ2) is 10.6. The smallest absolute Gasteiger partial charge is 0.241 e. The van der Waals surface area contributed by atoms with Crippen LogP contribution in [0.2, 0.25) is 0 Å². The first-order valence-corrected chi connectivity index (χ1v) is 11.0. The van der Waals surface area contributed by atoms with Crippen LogP contribution in [0.15, 0.2) is 42.5 Å². The molecule has 1 saturated heterocycles. The molecule has 0 bridgehead atoms. The number of ether oxygens (including phenoxy) is 2. The van der Waals surface area contributed by atoms with Crippen LogP contribution in [-0.2, 0) is 11.3 Å². The van der Waals surface area contributed by atoms with Crippen molar-refractivity contribution in [2.75, 3.05) is 45.7 Å². The molecular formula is C25H35N3O3. The standard InChI is InChI=1S/C25H35N3O3/c1-18(2)21-8-6-20(7-9-21)17-27-12-14-28(15-13-27)19(3)25(29)26-23-16-22(30-4)10-11-24(23)31-5/h6-11,16,18-19H,12-15,17H2,1-5H3,(H,26,29)/t19-/m0/s1. The van der Waals surface area contributed by atoms with E-state index in [-0.39, 0.29) is 11.9 Å². The third-order valence-electron chi connectivity index (χ3n) is 6.05. The Morgan fingerprint density at radius 3 is 2.23 bits per heavy atom. The second-order valence-corrected chi connectivity index (χ2v) is 8.44. The first-order chi connectivity index (χ1) is 14.9. The predicted octanol–water partition coefficient (Wildman–Crippen LogP) is 3.97. The van der Waals surface area contributed by atoms with Crippen molar-refractivity contribution < 1.29 is 14.3 Å². The number of methoxy groups -OCH3 is 2. The summed E-state index contributed by atoms with van der Waals surface area (Å²) in [7, 11) is 3.20. The van der Waals surface area contributed by atoms with Crippen LogP contribution in [0.1, 0.15) is 37.8 Å². The number of nitrogens with one attached hydrogen (secondary N) is 1. The summed E-state index contributed by atoms with van der Waals surface area (Å²) in [5.74, 6) is 1.82. The highest BCUT2D eigenvalue weighted by Gasteiger charge is 2.26. The van der Waals surface area contributed by atoms with Gasteiger partial charge in [0.15, 0.2) is 0 Å². The lowest BCUT2D eigenvalue weighted by Gasteiger charge is -2.37. The van der Waals surface area contributed by atoms with Crippen molar-refractivity contribution in [3.63, 3.8) is 0 Å². The van der Waals surface area contributed by atoms with Crippen LogP contribution in [-0.4, -0.2) is 62.1 Å². The molecule has 1 aliphatic heterocycles. The van der Waals surface area contributed by atoms with Gasteiger partial charge in [0, 0.05) is 38.8 Å². The van der Waals surface area contributed by atoms with E-state index in [0.717, 1.165) is 32.7 Å². The Labute approximate surface area is 186 Å². The number of carbonyl (C=O) groups excluding carboxylic acids is 1. The fraction of sp³-hybridized carbons (Fsp3) is 0.480. The highest BCUT2D eigenvalue weighted by atomic mass is 16.5. The van der Waals surface area contributed by atoms with E-state index in [1.165, 1.54) is 11.1 Å². The molecular weight excluding hydrogens is 390 g/mol. The van der Waals surface area contributed by atoms with Gasteiger partial charge in [0.2, 0.25) is 5.91 Å². The lowest BCUT2D eigenvalue weighted by atomic mass is 10.0. The van der Waals surface area contributed by atoms with Crippen LogP contribution in [0.25, 0.3) is 0 Å². The zero-order valence-electron chi connectivity index (χ0n) is 19.4. The van der Waals surface area contributed by atoms with E-state index in [4.69, 9.17) is 9.47 Å². The van der Waals surface area contributed by atoms with Crippen molar-refractivity contribution in [1.29, 1.82) is 0 Å². The molecule has 1 N–H and O–H groups in total. The van der Waals surface area contributed by atoms with E-state index in [0.29, 0.717) is 23.1 Å². The van der Waals surface area contributed by atoms with Crippen LogP contribution in [0.3, 0.4) is 0 Å². The summed E-state index contributed by atoms with van der Waals surface area (Å²) < 4.78 is 10.6. The third kappa shape index (κ3) is 5.99. The first kappa shape index (κ1) is 23.1. The van der Waals surface area contributed by atoms with E-state index in [1.807, 2.05) is 13.0 Å².